The largest absolute Gasteiger partial charge is 0.416 e. The number of hydrogen-bond donors (Lipinski definition) is 0. The van der Waals surface area contributed by atoms with Crippen LogP contribution in [0.15, 0.2) is 66.7 Å². The molecule has 0 amide bonds. The van der Waals surface area contributed by atoms with E-state index in [0.717, 1.165) is 28.9 Å². The van der Waals surface area contributed by atoms with Crippen LogP contribution in [-0.4, -0.2) is 5.54 Å². The van der Waals surface area contributed by atoms with Gasteiger partial charge in [-0.3, -0.25) is 0 Å². The van der Waals surface area contributed by atoms with Gasteiger partial charge in [-0.05, 0) is 63.2 Å². The highest BCUT2D eigenvalue weighted by atomic mass is 32.1. The predicted octanol–water partition coefficient (Wildman–Crippen LogP) is 8.01. The summed E-state index contributed by atoms with van der Waals surface area (Å²) in [5.41, 5.74) is 0.784. The number of hydrogen-bond acceptors (Lipinski definition) is 2. The highest BCUT2D eigenvalue weighted by Gasteiger charge is 2.31. The number of thiophene rings is 1. The first kappa shape index (κ1) is 18.8. The van der Waals surface area contributed by atoms with Crippen molar-refractivity contribution in [2.24, 2.45) is 0 Å². The lowest BCUT2D eigenvalue weighted by Crippen LogP contribution is -2.37. The van der Waals surface area contributed by atoms with E-state index in [1.807, 2.05) is 24.3 Å². The molecule has 144 valence electrons. The normalized spacial score (nSPS) is 12.6. The van der Waals surface area contributed by atoms with Crippen molar-refractivity contribution >= 4 is 42.9 Å². The molecule has 1 aromatic heterocycles. The van der Waals surface area contributed by atoms with Crippen molar-refractivity contribution in [3.8, 4) is 0 Å². The van der Waals surface area contributed by atoms with E-state index in [0.29, 0.717) is 0 Å². The number of halogens is 3. The third kappa shape index (κ3) is 3.24. The zero-order valence-corrected chi connectivity index (χ0v) is 16.7. The number of rotatable bonds is 2. The Morgan fingerprint density at radius 2 is 1.39 bits per heavy atom. The zero-order chi connectivity index (χ0) is 20.1. The highest BCUT2D eigenvalue weighted by molar-refractivity contribution is 7.25. The summed E-state index contributed by atoms with van der Waals surface area (Å²) in [4.78, 5) is 2.12. The van der Waals surface area contributed by atoms with E-state index in [9.17, 15) is 13.2 Å². The van der Waals surface area contributed by atoms with E-state index >= 15 is 0 Å². The van der Waals surface area contributed by atoms with Gasteiger partial charge in [0.1, 0.15) is 0 Å². The van der Waals surface area contributed by atoms with Gasteiger partial charge in [0, 0.05) is 31.4 Å². The fourth-order valence-electron chi connectivity index (χ4n) is 3.63. The van der Waals surface area contributed by atoms with Crippen LogP contribution in [-0.2, 0) is 6.18 Å². The van der Waals surface area contributed by atoms with Gasteiger partial charge in [-0.2, -0.15) is 13.2 Å². The molecular formula is C23H20F3NS. The minimum Gasteiger partial charge on any atom is -0.336 e. The fraction of sp³-hybridized carbons (Fsp3) is 0.217. The van der Waals surface area contributed by atoms with Gasteiger partial charge in [-0.1, -0.05) is 24.3 Å². The lowest BCUT2D eigenvalue weighted by molar-refractivity contribution is -0.137. The lowest BCUT2D eigenvalue weighted by atomic mass is 10.00. The average Bonchev–Trinajstić information content (AvgIpc) is 3.00. The minimum atomic E-state index is -4.34. The van der Waals surface area contributed by atoms with Crippen LogP contribution in [0.3, 0.4) is 0 Å². The van der Waals surface area contributed by atoms with Crippen LogP contribution in [0, 0.1) is 0 Å². The molecule has 5 heteroatoms. The summed E-state index contributed by atoms with van der Waals surface area (Å²) in [6, 6.07) is 19.8. The highest BCUT2D eigenvalue weighted by Crippen LogP contribution is 2.44. The molecule has 0 unspecified atom stereocenters. The Morgan fingerprint density at radius 3 is 2.04 bits per heavy atom. The van der Waals surface area contributed by atoms with Gasteiger partial charge < -0.3 is 4.90 Å². The molecule has 0 saturated carbocycles. The quantitative estimate of drug-likeness (QED) is 0.330. The smallest absolute Gasteiger partial charge is 0.336 e. The van der Waals surface area contributed by atoms with Crippen LogP contribution >= 0.6 is 11.3 Å². The Morgan fingerprint density at radius 1 is 0.750 bits per heavy atom. The van der Waals surface area contributed by atoms with Crippen molar-refractivity contribution in [3.05, 3.63) is 72.3 Å². The topological polar surface area (TPSA) is 3.24 Å². The van der Waals surface area contributed by atoms with E-state index in [4.69, 9.17) is 0 Å². The maximum atomic E-state index is 13.0. The fourth-order valence-corrected chi connectivity index (χ4v) is 4.76. The predicted molar refractivity (Wildman–Crippen MR) is 113 cm³/mol. The van der Waals surface area contributed by atoms with Crippen molar-refractivity contribution < 1.29 is 13.2 Å². The van der Waals surface area contributed by atoms with Gasteiger partial charge in [-0.15, -0.1) is 11.3 Å². The molecule has 0 fully saturated rings. The van der Waals surface area contributed by atoms with E-state index in [-0.39, 0.29) is 5.54 Å². The maximum Gasteiger partial charge on any atom is 0.416 e. The van der Waals surface area contributed by atoms with Gasteiger partial charge in [0.05, 0.1) is 11.3 Å². The molecule has 1 heterocycles. The molecule has 0 atom stereocenters. The van der Waals surface area contributed by atoms with E-state index in [2.05, 4.69) is 43.9 Å². The molecule has 3 aromatic carbocycles. The van der Waals surface area contributed by atoms with Crippen LogP contribution < -0.4 is 4.90 Å². The number of nitrogens with zero attached hydrogens (tertiary/aromatic N) is 1. The number of alkyl halides is 3. The Labute approximate surface area is 166 Å². The molecule has 0 bridgehead atoms. The second-order valence-corrected chi connectivity index (χ2v) is 8.88. The van der Waals surface area contributed by atoms with Crippen molar-refractivity contribution in [2.45, 2.75) is 32.5 Å². The molecule has 0 aliphatic carbocycles. The number of benzene rings is 3. The standard InChI is InChI=1S/C23H20F3NS/c1-22(2,3)27(16-13-11-15(12-14-16)23(24,25)26)18-8-6-10-20-21(18)17-7-4-5-9-19(17)28-20/h4-14H,1-3H3. The van der Waals surface area contributed by atoms with Crippen molar-refractivity contribution in [3.63, 3.8) is 0 Å². The van der Waals surface area contributed by atoms with E-state index in [1.165, 1.54) is 14.8 Å². The average molecular weight is 399 g/mol. The van der Waals surface area contributed by atoms with Crippen molar-refractivity contribution in [1.82, 2.24) is 0 Å². The molecule has 0 saturated heterocycles. The van der Waals surface area contributed by atoms with E-state index in [1.54, 1.807) is 23.5 Å². The van der Waals surface area contributed by atoms with Gasteiger partial charge in [0.15, 0.2) is 0 Å². The Balaban J connectivity index is 1.95. The van der Waals surface area contributed by atoms with Gasteiger partial charge in [0.25, 0.3) is 0 Å². The minimum absolute atomic E-state index is 0.322. The number of anilines is 2. The summed E-state index contributed by atoms with van der Waals surface area (Å²) >= 11 is 1.73. The number of fused-ring (bicyclic) bond motifs is 3. The molecule has 0 radical (unpaired) electrons. The molecule has 0 spiro atoms. The van der Waals surface area contributed by atoms with Crippen LogP contribution in [0.2, 0.25) is 0 Å². The van der Waals surface area contributed by atoms with Gasteiger partial charge >= 0.3 is 6.18 Å². The molecule has 0 aliphatic rings. The maximum absolute atomic E-state index is 13.0. The molecular weight excluding hydrogens is 379 g/mol. The van der Waals surface area contributed by atoms with Crippen LogP contribution in [0.1, 0.15) is 26.3 Å². The van der Waals surface area contributed by atoms with Gasteiger partial charge in [0.2, 0.25) is 0 Å². The summed E-state index contributed by atoms with van der Waals surface area (Å²) in [6.07, 6.45) is -4.34. The monoisotopic (exact) mass is 399 g/mol. The molecule has 0 aliphatic heterocycles. The summed E-state index contributed by atoms with van der Waals surface area (Å²) in [5.74, 6) is 0. The summed E-state index contributed by atoms with van der Waals surface area (Å²) in [7, 11) is 0. The second-order valence-electron chi connectivity index (χ2n) is 7.80. The Bertz CT molecular complexity index is 1130. The first-order chi connectivity index (χ1) is 13.2. The molecule has 1 nitrogen and oxygen atoms in total. The Hall–Kier alpha value is -2.53. The lowest BCUT2D eigenvalue weighted by Gasteiger charge is -2.38. The zero-order valence-electron chi connectivity index (χ0n) is 15.8. The third-order valence-corrected chi connectivity index (χ3v) is 5.88. The molecule has 4 rings (SSSR count). The van der Waals surface area contributed by atoms with E-state index < -0.39 is 11.7 Å². The molecule has 0 N–H and O–H groups in total. The first-order valence-corrected chi connectivity index (χ1v) is 9.86. The van der Waals surface area contributed by atoms with Crippen molar-refractivity contribution in [2.75, 3.05) is 4.90 Å². The first-order valence-electron chi connectivity index (χ1n) is 9.04. The summed E-state index contributed by atoms with van der Waals surface area (Å²) in [5, 5.41) is 2.30. The van der Waals surface area contributed by atoms with Crippen molar-refractivity contribution in [1.29, 1.82) is 0 Å². The summed E-state index contributed by atoms with van der Waals surface area (Å²) < 4.78 is 41.4. The second kappa shape index (κ2) is 6.52. The molecule has 28 heavy (non-hydrogen) atoms. The van der Waals surface area contributed by atoms with Gasteiger partial charge in [-0.25, -0.2) is 0 Å². The van der Waals surface area contributed by atoms with Crippen LogP contribution in [0.5, 0.6) is 0 Å². The van der Waals surface area contributed by atoms with Crippen LogP contribution in [0.25, 0.3) is 20.2 Å². The molecule has 4 aromatic rings. The van der Waals surface area contributed by atoms with Crippen LogP contribution in [0.4, 0.5) is 24.5 Å². The Kier molecular flexibility index (Phi) is 4.38. The SMILES string of the molecule is CC(C)(C)N(c1ccc(C(F)(F)F)cc1)c1cccc2sc3ccccc3c12. The summed E-state index contributed by atoms with van der Waals surface area (Å²) in [6.45, 7) is 6.20. The third-order valence-electron chi connectivity index (χ3n) is 4.75.